The largest absolute Gasteiger partial charge is 0.464 e. The lowest BCUT2D eigenvalue weighted by Gasteiger charge is -1.98. The number of thiazole rings is 1. The van der Waals surface area contributed by atoms with Crippen LogP contribution in [0.3, 0.4) is 0 Å². The maximum Gasteiger partial charge on any atom is 0.323 e. The van der Waals surface area contributed by atoms with Gasteiger partial charge in [0.1, 0.15) is 6.04 Å². The number of ether oxygens (including phenoxy) is 1. The number of carbonyl (C=O) groups is 2. The fourth-order valence-electron chi connectivity index (χ4n) is 1.57. The number of esters is 1. The quantitative estimate of drug-likeness (QED) is 0.627. The highest BCUT2D eigenvalue weighted by atomic mass is 32.1. The number of likely N-dealkylation sites (N-methyl/N-ethyl adjacent to an activating group) is 1. The van der Waals surface area contributed by atoms with E-state index in [0.29, 0.717) is 25.5 Å². The number of nitrogens with one attached hydrogen (secondary N) is 2. The van der Waals surface area contributed by atoms with Gasteiger partial charge in [-0.3, -0.25) is 9.59 Å². The molecule has 1 amide bonds. The van der Waals surface area contributed by atoms with E-state index < -0.39 is 0 Å². The first kappa shape index (κ1) is 16.6. The topological polar surface area (TPSA) is 80.3 Å². The van der Waals surface area contributed by atoms with E-state index in [4.69, 9.17) is 0 Å². The van der Waals surface area contributed by atoms with Crippen LogP contribution in [0, 0.1) is 0 Å². The van der Waals surface area contributed by atoms with Gasteiger partial charge in [-0.25, -0.2) is 4.98 Å². The average molecular weight is 299 g/mol. The molecule has 7 heteroatoms. The Labute approximate surface area is 122 Å². The van der Waals surface area contributed by atoms with Crippen LogP contribution in [0.25, 0.3) is 0 Å². The summed E-state index contributed by atoms with van der Waals surface area (Å²) >= 11 is 1.64. The van der Waals surface area contributed by atoms with Crippen LogP contribution in [0.1, 0.15) is 36.9 Å². The SMILES string of the molecule is CC(C)c1nc(CNC=O)cs1.CNC1CCOC1=O. The molecule has 112 valence electrons. The molecule has 0 radical (unpaired) electrons. The third-order valence-corrected chi connectivity index (χ3v) is 3.91. The number of aromatic nitrogens is 1. The maximum atomic E-state index is 10.5. The minimum Gasteiger partial charge on any atom is -0.464 e. The number of hydrogen-bond acceptors (Lipinski definition) is 6. The van der Waals surface area contributed by atoms with Crippen LogP contribution in [0.2, 0.25) is 0 Å². The molecule has 0 aromatic carbocycles. The summed E-state index contributed by atoms with van der Waals surface area (Å²) in [5.41, 5.74) is 0.941. The number of nitrogens with zero attached hydrogens (tertiary/aromatic N) is 1. The molecule has 1 aromatic rings. The van der Waals surface area contributed by atoms with Gasteiger partial charge < -0.3 is 15.4 Å². The van der Waals surface area contributed by atoms with Gasteiger partial charge in [-0.15, -0.1) is 11.3 Å². The third kappa shape index (κ3) is 5.26. The molecule has 1 aliphatic heterocycles. The van der Waals surface area contributed by atoms with Gasteiger partial charge in [0.05, 0.1) is 23.9 Å². The maximum absolute atomic E-state index is 10.5. The summed E-state index contributed by atoms with van der Waals surface area (Å²) in [4.78, 5) is 24.8. The predicted octanol–water partition coefficient (Wildman–Crippen LogP) is 1.03. The van der Waals surface area contributed by atoms with Crippen LogP contribution in [0.5, 0.6) is 0 Å². The normalized spacial score (nSPS) is 17.4. The minimum absolute atomic E-state index is 0.0463. The number of cyclic esters (lactones) is 1. The molecule has 1 aliphatic rings. The number of carbonyl (C=O) groups excluding carboxylic acids is 2. The molecule has 1 unspecified atom stereocenters. The molecule has 2 rings (SSSR count). The molecule has 0 saturated carbocycles. The molecule has 20 heavy (non-hydrogen) atoms. The van der Waals surface area contributed by atoms with E-state index in [-0.39, 0.29) is 12.0 Å². The van der Waals surface area contributed by atoms with Crippen LogP contribution < -0.4 is 10.6 Å². The van der Waals surface area contributed by atoms with E-state index in [1.54, 1.807) is 18.4 Å². The van der Waals surface area contributed by atoms with Gasteiger partial charge in [0.25, 0.3) is 0 Å². The molecular formula is C13H21N3O3S. The highest BCUT2D eigenvalue weighted by Gasteiger charge is 2.23. The van der Waals surface area contributed by atoms with Gasteiger partial charge >= 0.3 is 5.97 Å². The van der Waals surface area contributed by atoms with Crippen molar-refractivity contribution in [3.05, 3.63) is 16.1 Å². The zero-order valence-corrected chi connectivity index (χ0v) is 12.8. The molecule has 1 fully saturated rings. The van der Waals surface area contributed by atoms with Gasteiger partial charge in [0.2, 0.25) is 6.41 Å². The van der Waals surface area contributed by atoms with Crippen molar-refractivity contribution in [2.45, 2.75) is 38.8 Å². The van der Waals surface area contributed by atoms with Crippen molar-refractivity contribution in [1.82, 2.24) is 15.6 Å². The van der Waals surface area contributed by atoms with E-state index in [1.165, 1.54) is 0 Å². The van der Waals surface area contributed by atoms with Gasteiger partial charge in [0, 0.05) is 17.7 Å². The van der Waals surface area contributed by atoms with Crippen LogP contribution in [0.4, 0.5) is 0 Å². The van der Waals surface area contributed by atoms with Crippen LogP contribution >= 0.6 is 11.3 Å². The van der Waals surface area contributed by atoms with Crippen LogP contribution in [0.15, 0.2) is 5.38 Å². The van der Waals surface area contributed by atoms with Crippen molar-refractivity contribution in [1.29, 1.82) is 0 Å². The lowest BCUT2D eigenvalue weighted by Crippen LogP contribution is -2.29. The first-order chi connectivity index (χ1) is 9.58. The molecule has 6 nitrogen and oxygen atoms in total. The van der Waals surface area contributed by atoms with Gasteiger partial charge in [0.15, 0.2) is 0 Å². The second kappa shape index (κ2) is 8.65. The van der Waals surface area contributed by atoms with Crippen molar-refractivity contribution in [2.75, 3.05) is 13.7 Å². The second-order valence-electron chi connectivity index (χ2n) is 4.63. The average Bonchev–Trinajstić information content (AvgIpc) is 3.05. The Balaban J connectivity index is 0.000000217. The summed E-state index contributed by atoms with van der Waals surface area (Å²) in [6.45, 7) is 5.32. The summed E-state index contributed by atoms with van der Waals surface area (Å²) < 4.78 is 4.65. The van der Waals surface area contributed by atoms with Crippen LogP contribution in [-0.4, -0.2) is 37.1 Å². The van der Waals surface area contributed by atoms with Gasteiger partial charge in [-0.2, -0.15) is 0 Å². The monoisotopic (exact) mass is 299 g/mol. The van der Waals surface area contributed by atoms with Crippen molar-refractivity contribution >= 4 is 23.7 Å². The Morgan fingerprint density at radius 2 is 2.35 bits per heavy atom. The standard InChI is InChI=1S/C8H12N2OS.C5H9NO2/c1-6(2)8-10-7(4-12-8)3-9-5-11;1-6-4-2-3-8-5(4)7/h4-6H,3H2,1-2H3,(H,9,11);4,6H,2-3H2,1H3. The van der Waals surface area contributed by atoms with Gasteiger partial charge in [-0.1, -0.05) is 13.8 Å². The summed E-state index contributed by atoms with van der Waals surface area (Å²) in [7, 11) is 1.76. The van der Waals surface area contributed by atoms with Crippen LogP contribution in [-0.2, 0) is 20.9 Å². The van der Waals surface area contributed by atoms with Crippen molar-refractivity contribution in [2.24, 2.45) is 0 Å². The van der Waals surface area contributed by atoms with Crippen molar-refractivity contribution in [3.63, 3.8) is 0 Å². The van der Waals surface area contributed by atoms with Crippen molar-refractivity contribution < 1.29 is 14.3 Å². The molecule has 2 heterocycles. The molecule has 1 aromatic heterocycles. The van der Waals surface area contributed by atoms with E-state index in [1.807, 2.05) is 5.38 Å². The molecule has 0 aliphatic carbocycles. The summed E-state index contributed by atoms with van der Waals surface area (Å²) in [6.07, 6.45) is 1.50. The molecular weight excluding hydrogens is 278 g/mol. The number of hydrogen-bond donors (Lipinski definition) is 2. The van der Waals surface area contributed by atoms with E-state index in [0.717, 1.165) is 17.1 Å². The van der Waals surface area contributed by atoms with E-state index >= 15 is 0 Å². The predicted molar refractivity (Wildman–Crippen MR) is 77.5 cm³/mol. The number of rotatable bonds is 5. The molecule has 1 atom stereocenters. The smallest absolute Gasteiger partial charge is 0.323 e. The lowest BCUT2D eigenvalue weighted by molar-refractivity contribution is -0.139. The Bertz CT molecular complexity index is 434. The Morgan fingerprint density at radius 1 is 1.60 bits per heavy atom. The molecule has 0 bridgehead atoms. The summed E-state index contributed by atoms with van der Waals surface area (Å²) in [6, 6.07) is -0.0463. The Morgan fingerprint density at radius 3 is 2.75 bits per heavy atom. The highest BCUT2D eigenvalue weighted by Crippen LogP contribution is 2.18. The third-order valence-electron chi connectivity index (χ3n) is 2.71. The summed E-state index contributed by atoms with van der Waals surface area (Å²) in [5, 5.41) is 8.52. The molecule has 1 saturated heterocycles. The Kier molecular flexibility index (Phi) is 7.17. The minimum atomic E-state index is -0.118. The zero-order chi connectivity index (χ0) is 15.0. The van der Waals surface area contributed by atoms with Crippen molar-refractivity contribution in [3.8, 4) is 0 Å². The summed E-state index contributed by atoms with van der Waals surface area (Å²) in [5.74, 6) is 0.354. The highest BCUT2D eigenvalue weighted by molar-refractivity contribution is 7.09. The fourth-order valence-corrected chi connectivity index (χ4v) is 2.41. The lowest BCUT2D eigenvalue weighted by atomic mass is 10.2. The number of amides is 1. The van der Waals surface area contributed by atoms with Gasteiger partial charge in [-0.05, 0) is 7.05 Å². The first-order valence-corrected chi connectivity index (χ1v) is 7.41. The fraction of sp³-hybridized carbons (Fsp3) is 0.615. The van der Waals surface area contributed by atoms with E-state index in [9.17, 15) is 9.59 Å². The zero-order valence-electron chi connectivity index (χ0n) is 12.0. The second-order valence-corrected chi connectivity index (χ2v) is 5.52. The first-order valence-electron chi connectivity index (χ1n) is 6.53. The Hall–Kier alpha value is -1.47. The molecule has 2 N–H and O–H groups in total. The molecule has 0 spiro atoms. The van der Waals surface area contributed by atoms with E-state index in [2.05, 4.69) is 34.2 Å².